The summed E-state index contributed by atoms with van der Waals surface area (Å²) in [5, 5.41) is 8.33. The van der Waals surface area contributed by atoms with Crippen molar-refractivity contribution in [1.29, 1.82) is 0 Å². The van der Waals surface area contributed by atoms with E-state index in [1.807, 2.05) is 18.0 Å². The highest BCUT2D eigenvalue weighted by atomic mass is 16.4. The van der Waals surface area contributed by atoms with Gasteiger partial charge in [-0.2, -0.15) is 0 Å². The monoisotopic (exact) mass is 153 g/mol. The molecule has 0 radical (unpaired) electrons. The lowest BCUT2D eigenvalue weighted by molar-refractivity contribution is -0.131. The minimum atomic E-state index is -0.897. The Hall–Kier alpha value is -1.25. The standard InChI is InChI=1S/C8H11NO2/c1-9-6-2-3-7(9)4-5-8(10)11/h3-5H,2,6H2,1H3,(H,10,11)/b5-4+. The fourth-order valence-electron chi connectivity index (χ4n) is 1.04. The van der Waals surface area contributed by atoms with Crippen LogP contribution in [0.25, 0.3) is 0 Å². The molecule has 1 rings (SSSR count). The summed E-state index contributed by atoms with van der Waals surface area (Å²) in [6.45, 7) is 0.985. The fraction of sp³-hybridized carbons (Fsp3) is 0.375. The van der Waals surface area contributed by atoms with Crippen LogP contribution >= 0.6 is 0 Å². The first kappa shape index (κ1) is 7.85. The summed E-state index contributed by atoms with van der Waals surface area (Å²) in [6, 6.07) is 0. The first-order chi connectivity index (χ1) is 5.20. The molecule has 0 unspecified atom stereocenters. The van der Waals surface area contributed by atoms with Gasteiger partial charge in [0.1, 0.15) is 0 Å². The maximum atomic E-state index is 10.1. The third-order valence-electron chi connectivity index (χ3n) is 1.66. The molecule has 3 nitrogen and oxygen atoms in total. The van der Waals surface area contributed by atoms with Crippen molar-refractivity contribution in [3.63, 3.8) is 0 Å². The summed E-state index contributed by atoms with van der Waals surface area (Å²) in [4.78, 5) is 12.2. The normalized spacial score (nSPS) is 17.5. The van der Waals surface area contributed by atoms with E-state index in [1.165, 1.54) is 0 Å². The Bertz CT molecular complexity index is 218. The summed E-state index contributed by atoms with van der Waals surface area (Å²) < 4.78 is 0. The lowest BCUT2D eigenvalue weighted by Gasteiger charge is -2.11. The second kappa shape index (κ2) is 3.23. The summed E-state index contributed by atoms with van der Waals surface area (Å²) in [6.07, 6.45) is 5.82. The van der Waals surface area contributed by atoms with Gasteiger partial charge in [0.05, 0.1) is 0 Å². The third-order valence-corrected chi connectivity index (χ3v) is 1.66. The number of allylic oxidation sites excluding steroid dienone is 1. The minimum absolute atomic E-state index is 0.897. The van der Waals surface area contributed by atoms with Crippen molar-refractivity contribution in [2.24, 2.45) is 0 Å². The number of nitrogens with zero attached hydrogens (tertiary/aromatic N) is 1. The van der Waals surface area contributed by atoms with Crippen LogP contribution in [0.2, 0.25) is 0 Å². The van der Waals surface area contributed by atoms with Crippen LogP contribution in [0.4, 0.5) is 0 Å². The number of carboxylic acids is 1. The van der Waals surface area contributed by atoms with Crippen LogP contribution in [0.5, 0.6) is 0 Å². The number of carboxylic acid groups (broad SMARTS) is 1. The molecule has 0 bridgehead atoms. The lowest BCUT2D eigenvalue weighted by atomic mass is 10.3. The number of rotatable bonds is 2. The Morgan fingerprint density at radius 2 is 2.55 bits per heavy atom. The highest BCUT2D eigenvalue weighted by Gasteiger charge is 2.06. The Balaban J connectivity index is 2.55. The zero-order valence-corrected chi connectivity index (χ0v) is 6.45. The van der Waals surface area contributed by atoms with Crippen LogP contribution in [0.15, 0.2) is 23.9 Å². The first-order valence-electron chi connectivity index (χ1n) is 3.52. The summed E-state index contributed by atoms with van der Waals surface area (Å²) in [7, 11) is 1.95. The van der Waals surface area contributed by atoms with E-state index in [4.69, 9.17) is 5.11 Å². The smallest absolute Gasteiger partial charge is 0.328 e. The van der Waals surface area contributed by atoms with E-state index in [0.717, 1.165) is 24.7 Å². The second-order valence-corrected chi connectivity index (χ2v) is 2.51. The Kier molecular flexibility index (Phi) is 2.31. The molecule has 0 fully saturated rings. The fourth-order valence-corrected chi connectivity index (χ4v) is 1.04. The highest BCUT2D eigenvalue weighted by molar-refractivity contribution is 5.80. The quantitative estimate of drug-likeness (QED) is 0.598. The number of carbonyl (C=O) groups is 1. The molecular weight excluding hydrogens is 142 g/mol. The van der Waals surface area contributed by atoms with E-state index in [2.05, 4.69) is 0 Å². The van der Waals surface area contributed by atoms with E-state index in [1.54, 1.807) is 6.08 Å². The van der Waals surface area contributed by atoms with Crippen molar-refractivity contribution in [3.05, 3.63) is 23.9 Å². The molecule has 0 saturated carbocycles. The molecule has 0 amide bonds. The van der Waals surface area contributed by atoms with Gasteiger partial charge < -0.3 is 10.0 Å². The molecule has 1 N–H and O–H groups in total. The maximum absolute atomic E-state index is 10.1. The Labute approximate surface area is 65.6 Å². The van der Waals surface area contributed by atoms with Gasteiger partial charge in [-0.25, -0.2) is 4.79 Å². The molecule has 11 heavy (non-hydrogen) atoms. The summed E-state index contributed by atoms with van der Waals surface area (Å²) in [5.74, 6) is -0.897. The van der Waals surface area contributed by atoms with Crippen LogP contribution in [0.3, 0.4) is 0 Å². The van der Waals surface area contributed by atoms with Gasteiger partial charge in [-0.3, -0.25) is 0 Å². The molecule has 60 valence electrons. The molecule has 1 aliphatic rings. The van der Waals surface area contributed by atoms with Crippen molar-refractivity contribution in [2.75, 3.05) is 13.6 Å². The molecule has 0 atom stereocenters. The topological polar surface area (TPSA) is 40.5 Å². The number of likely N-dealkylation sites (N-methyl/N-ethyl adjacent to an activating group) is 1. The van der Waals surface area contributed by atoms with Crippen molar-refractivity contribution >= 4 is 5.97 Å². The van der Waals surface area contributed by atoms with Crippen molar-refractivity contribution in [1.82, 2.24) is 4.90 Å². The van der Waals surface area contributed by atoms with Gasteiger partial charge in [-0.05, 0) is 12.5 Å². The van der Waals surface area contributed by atoms with Crippen LogP contribution in [-0.4, -0.2) is 29.6 Å². The van der Waals surface area contributed by atoms with Gasteiger partial charge in [0.15, 0.2) is 0 Å². The third kappa shape index (κ3) is 2.11. The molecule has 0 aromatic heterocycles. The number of hydrogen-bond donors (Lipinski definition) is 1. The Morgan fingerprint density at radius 1 is 1.82 bits per heavy atom. The average molecular weight is 153 g/mol. The molecule has 1 aliphatic heterocycles. The van der Waals surface area contributed by atoms with Crippen molar-refractivity contribution in [3.8, 4) is 0 Å². The van der Waals surface area contributed by atoms with Gasteiger partial charge in [0.25, 0.3) is 0 Å². The molecule has 0 aliphatic carbocycles. The summed E-state index contributed by atoms with van der Waals surface area (Å²) >= 11 is 0. The highest BCUT2D eigenvalue weighted by Crippen LogP contribution is 2.12. The molecule has 0 aromatic carbocycles. The molecule has 1 heterocycles. The van der Waals surface area contributed by atoms with E-state index in [0.29, 0.717) is 0 Å². The predicted molar refractivity (Wildman–Crippen MR) is 42.1 cm³/mol. The Morgan fingerprint density at radius 3 is 3.00 bits per heavy atom. The van der Waals surface area contributed by atoms with E-state index in [-0.39, 0.29) is 0 Å². The second-order valence-electron chi connectivity index (χ2n) is 2.51. The number of aliphatic carboxylic acids is 1. The molecule has 0 saturated heterocycles. The molecule has 0 spiro atoms. The van der Waals surface area contributed by atoms with E-state index in [9.17, 15) is 4.79 Å². The number of hydrogen-bond acceptors (Lipinski definition) is 2. The van der Waals surface area contributed by atoms with Gasteiger partial charge in [-0.15, -0.1) is 0 Å². The molecule has 0 aromatic rings. The SMILES string of the molecule is CN1CCC=C1/C=C/C(=O)O. The van der Waals surface area contributed by atoms with Crippen molar-refractivity contribution < 1.29 is 9.90 Å². The maximum Gasteiger partial charge on any atom is 0.328 e. The van der Waals surface area contributed by atoms with Gasteiger partial charge in [-0.1, -0.05) is 6.08 Å². The van der Waals surface area contributed by atoms with E-state index >= 15 is 0 Å². The largest absolute Gasteiger partial charge is 0.478 e. The minimum Gasteiger partial charge on any atom is -0.478 e. The van der Waals surface area contributed by atoms with Crippen LogP contribution in [0, 0.1) is 0 Å². The lowest BCUT2D eigenvalue weighted by Crippen LogP contribution is -2.11. The average Bonchev–Trinajstić information content (AvgIpc) is 2.31. The molecular formula is C8H11NO2. The summed E-state index contributed by atoms with van der Waals surface area (Å²) in [5.41, 5.74) is 0.993. The van der Waals surface area contributed by atoms with Crippen LogP contribution in [-0.2, 0) is 4.79 Å². The zero-order valence-electron chi connectivity index (χ0n) is 6.45. The van der Waals surface area contributed by atoms with Crippen LogP contribution in [0.1, 0.15) is 6.42 Å². The van der Waals surface area contributed by atoms with Gasteiger partial charge in [0.2, 0.25) is 0 Å². The van der Waals surface area contributed by atoms with Gasteiger partial charge >= 0.3 is 5.97 Å². The van der Waals surface area contributed by atoms with Crippen molar-refractivity contribution in [2.45, 2.75) is 6.42 Å². The predicted octanol–water partition coefficient (Wildman–Crippen LogP) is 0.847. The van der Waals surface area contributed by atoms with Gasteiger partial charge in [0, 0.05) is 25.4 Å². The first-order valence-corrected chi connectivity index (χ1v) is 3.52. The van der Waals surface area contributed by atoms with E-state index < -0.39 is 5.97 Å². The van der Waals surface area contributed by atoms with Crippen LogP contribution < -0.4 is 0 Å². The molecule has 3 heteroatoms. The zero-order chi connectivity index (χ0) is 8.27.